The zero-order valence-corrected chi connectivity index (χ0v) is 11.4. The fourth-order valence-electron chi connectivity index (χ4n) is 3.04. The molecule has 0 aliphatic carbocycles. The summed E-state index contributed by atoms with van der Waals surface area (Å²) in [6.45, 7) is 2.49. The van der Waals surface area contributed by atoms with Crippen LogP contribution in [0.3, 0.4) is 0 Å². The van der Waals surface area contributed by atoms with Crippen molar-refractivity contribution in [2.75, 3.05) is 33.4 Å². The summed E-state index contributed by atoms with van der Waals surface area (Å²) in [4.78, 5) is 12.8. The molecule has 2 heterocycles. The highest BCUT2D eigenvalue weighted by molar-refractivity contribution is 4.90. The molecule has 2 saturated heterocycles. The molecule has 0 amide bonds. The van der Waals surface area contributed by atoms with E-state index in [2.05, 4.69) is 10.2 Å². The van der Waals surface area contributed by atoms with E-state index in [-0.39, 0.29) is 17.1 Å². The van der Waals surface area contributed by atoms with Crippen molar-refractivity contribution >= 4 is 0 Å². The topological polar surface area (TPSA) is 87.9 Å². The third kappa shape index (κ3) is 3.22. The van der Waals surface area contributed by atoms with Gasteiger partial charge in [-0.15, -0.1) is 0 Å². The van der Waals surface area contributed by atoms with Crippen LogP contribution in [0, 0.1) is 10.1 Å². The Balaban J connectivity index is 1.81. The molecule has 7 heteroatoms. The number of methoxy groups -OCH3 is 1. The average molecular weight is 273 g/mol. The summed E-state index contributed by atoms with van der Waals surface area (Å²) >= 11 is 0. The molecular formula is C12H23N3O4. The molecule has 2 N–H and O–H groups in total. The molecule has 0 aromatic heterocycles. The zero-order valence-electron chi connectivity index (χ0n) is 11.4. The van der Waals surface area contributed by atoms with Crippen LogP contribution in [0.1, 0.15) is 25.7 Å². The minimum atomic E-state index is -0.587. The Bertz CT molecular complexity index is 304. The van der Waals surface area contributed by atoms with Gasteiger partial charge in [0.1, 0.15) is 0 Å². The smallest absolute Gasteiger partial charge is 0.266 e. The van der Waals surface area contributed by atoms with Crippen LogP contribution in [-0.4, -0.2) is 66.1 Å². The van der Waals surface area contributed by atoms with Crippen LogP contribution in [0.25, 0.3) is 0 Å². The van der Waals surface area contributed by atoms with E-state index in [0.29, 0.717) is 19.0 Å². The Kier molecular flexibility index (Phi) is 4.72. The number of rotatable bonds is 4. The van der Waals surface area contributed by atoms with Crippen molar-refractivity contribution in [3.8, 4) is 0 Å². The molecule has 0 aromatic carbocycles. The van der Waals surface area contributed by atoms with Gasteiger partial charge in [-0.1, -0.05) is 0 Å². The molecule has 2 aliphatic heterocycles. The van der Waals surface area contributed by atoms with Gasteiger partial charge >= 0.3 is 0 Å². The van der Waals surface area contributed by atoms with Gasteiger partial charge in [0, 0.05) is 44.1 Å². The fourth-order valence-corrected chi connectivity index (χ4v) is 3.04. The number of nitrogens with one attached hydrogen (secondary N) is 1. The Morgan fingerprint density at radius 3 is 2.58 bits per heavy atom. The Hall–Kier alpha value is -0.760. The van der Waals surface area contributed by atoms with E-state index in [1.807, 2.05) is 0 Å². The summed E-state index contributed by atoms with van der Waals surface area (Å²) < 4.78 is 5.43. The first kappa shape index (κ1) is 14.6. The van der Waals surface area contributed by atoms with E-state index in [1.165, 1.54) is 0 Å². The highest BCUT2D eigenvalue weighted by Crippen LogP contribution is 2.27. The van der Waals surface area contributed by atoms with Crippen LogP contribution in [-0.2, 0) is 4.74 Å². The Labute approximate surface area is 113 Å². The number of aliphatic hydroxyl groups excluding tert-OH is 1. The van der Waals surface area contributed by atoms with Crippen molar-refractivity contribution in [2.24, 2.45) is 0 Å². The SMILES string of the molecule is COC1(CO)CCN(C2CCC([N+](=O)[O-])NC2)CC1. The molecule has 0 saturated carbocycles. The summed E-state index contributed by atoms with van der Waals surface area (Å²) in [5.74, 6) is 0. The van der Waals surface area contributed by atoms with Gasteiger partial charge < -0.3 is 9.84 Å². The molecule has 110 valence electrons. The summed E-state index contributed by atoms with van der Waals surface area (Å²) in [6, 6.07) is 0.366. The molecule has 2 atom stereocenters. The summed E-state index contributed by atoms with van der Waals surface area (Å²) in [6.07, 6.45) is 2.49. The monoisotopic (exact) mass is 273 g/mol. The van der Waals surface area contributed by atoms with Crippen LogP contribution < -0.4 is 5.32 Å². The number of piperidine rings is 2. The third-order valence-electron chi connectivity index (χ3n) is 4.56. The largest absolute Gasteiger partial charge is 0.393 e. The number of aliphatic hydroxyl groups is 1. The molecule has 2 unspecified atom stereocenters. The molecule has 2 rings (SSSR count). The first-order valence-corrected chi connectivity index (χ1v) is 6.87. The Morgan fingerprint density at radius 2 is 2.16 bits per heavy atom. The predicted octanol–water partition coefficient (Wildman–Crippen LogP) is -0.185. The second kappa shape index (κ2) is 6.13. The van der Waals surface area contributed by atoms with Crippen LogP contribution >= 0.6 is 0 Å². The van der Waals surface area contributed by atoms with Crippen LogP contribution in [0.5, 0.6) is 0 Å². The minimum absolute atomic E-state index is 0.0592. The fraction of sp³-hybridized carbons (Fsp3) is 1.00. The molecule has 0 radical (unpaired) electrons. The third-order valence-corrected chi connectivity index (χ3v) is 4.56. The van der Waals surface area contributed by atoms with Crippen LogP contribution in [0.4, 0.5) is 0 Å². The quantitative estimate of drug-likeness (QED) is 0.545. The highest BCUT2D eigenvalue weighted by atomic mass is 16.6. The molecule has 0 bridgehead atoms. The van der Waals surface area contributed by atoms with Crippen LogP contribution in [0.15, 0.2) is 0 Å². The lowest BCUT2D eigenvalue weighted by Gasteiger charge is -2.44. The minimum Gasteiger partial charge on any atom is -0.393 e. The number of ether oxygens (including phenoxy) is 1. The van der Waals surface area contributed by atoms with E-state index < -0.39 is 6.17 Å². The van der Waals surface area contributed by atoms with Gasteiger partial charge in [-0.3, -0.25) is 20.3 Å². The lowest BCUT2D eigenvalue weighted by Crippen LogP contribution is -2.56. The average Bonchev–Trinajstić information content (AvgIpc) is 2.47. The lowest BCUT2D eigenvalue weighted by molar-refractivity contribution is -0.532. The van der Waals surface area contributed by atoms with E-state index in [9.17, 15) is 15.2 Å². The van der Waals surface area contributed by atoms with Gasteiger partial charge in [0.05, 0.1) is 12.2 Å². The maximum Gasteiger partial charge on any atom is 0.266 e. The summed E-state index contributed by atoms with van der Waals surface area (Å²) in [7, 11) is 1.65. The van der Waals surface area contributed by atoms with E-state index in [4.69, 9.17) is 4.74 Å². The number of nitrogens with zero attached hydrogens (tertiary/aromatic N) is 2. The second-order valence-corrected chi connectivity index (χ2v) is 5.52. The summed E-state index contributed by atoms with van der Waals surface area (Å²) in [5, 5.41) is 23.1. The first-order chi connectivity index (χ1) is 9.10. The van der Waals surface area contributed by atoms with Crippen molar-refractivity contribution < 1.29 is 14.8 Å². The number of hydrogen-bond acceptors (Lipinski definition) is 6. The standard InChI is InChI=1S/C12H23N3O4/c1-19-12(9-16)4-6-14(7-5-12)10-2-3-11(13-8-10)15(17)18/h10-11,13,16H,2-9H2,1H3. The molecule has 7 nitrogen and oxygen atoms in total. The maximum atomic E-state index is 10.7. The predicted molar refractivity (Wildman–Crippen MR) is 69.4 cm³/mol. The van der Waals surface area contributed by atoms with Gasteiger partial charge in [-0.05, 0) is 19.3 Å². The molecule has 2 aliphatic rings. The normalized spacial score (nSPS) is 32.1. The zero-order chi connectivity index (χ0) is 13.9. The molecular weight excluding hydrogens is 250 g/mol. The molecule has 2 fully saturated rings. The number of likely N-dealkylation sites (tertiary alicyclic amines) is 1. The highest BCUT2D eigenvalue weighted by Gasteiger charge is 2.38. The van der Waals surface area contributed by atoms with Gasteiger partial charge in [0.2, 0.25) is 0 Å². The van der Waals surface area contributed by atoms with Gasteiger partial charge in [0.15, 0.2) is 0 Å². The van der Waals surface area contributed by atoms with Crippen molar-refractivity contribution in [3.63, 3.8) is 0 Å². The van der Waals surface area contributed by atoms with E-state index in [0.717, 1.165) is 32.4 Å². The van der Waals surface area contributed by atoms with Gasteiger partial charge in [0.25, 0.3) is 6.17 Å². The van der Waals surface area contributed by atoms with Crippen molar-refractivity contribution in [1.29, 1.82) is 0 Å². The lowest BCUT2D eigenvalue weighted by atomic mass is 9.90. The maximum absolute atomic E-state index is 10.7. The molecule has 19 heavy (non-hydrogen) atoms. The van der Waals surface area contributed by atoms with E-state index >= 15 is 0 Å². The van der Waals surface area contributed by atoms with Crippen molar-refractivity contribution in [2.45, 2.75) is 43.5 Å². The van der Waals surface area contributed by atoms with Gasteiger partial charge in [-0.25, -0.2) is 0 Å². The Morgan fingerprint density at radius 1 is 1.47 bits per heavy atom. The first-order valence-electron chi connectivity index (χ1n) is 6.87. The van der Waals surface area contributed by atoms with E-state index in [1.54, 1.807) is 7.11 Å². The summed E-state index contributed by atoms with van der Waals surface area (Å²) in [5.41, 5.74) is -0.387. The number of nitro groups is 1. The van der Waals surface area contributed by atoms with Crippen molar-refractivity contribution in [3.05, 3.63) is 10.1 Å². The number of hydrogen-bond donors (Lipinski definition) is 2. The molecule has 0 aromatic rings. The molecule has 0 spiro atoms. The second-order valence-electron chi connectivity index (χ2n) is 5.52. The van der Waals surface area contributed by atoms with Crippen LogP contribution in [0.2, 0.25) is 0 Å². The van der Waals surface area contributed by atoms with Gasteiger partial charge in [-0.2, -0.15) is 0 Å². The van der Waals surface area contributed by atoms with Crippen molar-refractivity contribution in [1.82, 2.24) is 10.2 Å².